The summed E-state index contributed by atoms with van der Waals surface area (Å²) in [6.45, 7) is 5.66. The Kier molecular flexibility index (Phi) is 11.1. The van der Waals surface area contributed by atoms with Crippen molar-refractivity contribution in [2.75, 3.05) is 0 Å². The van der Waals surface area contributed by atoms with Crippen molar-refractivity contribution < 1.29 is 9.53 Å². The molecule has 17 heavy (non-hydrogen) atoms. The van der Waals surface area contributed by atoms with Crippen LogP contribution in [0.3, 0.4) is 0 Å². The third kappa shape index (κ3) is 13.1. The van der Waals surface area contributed by atoms with Crippen LogP contribution in [0.4, 0.5) is 0 Å². The van der Waals surface area contributed by atoms with Crippen LogP contribution in [0.1, 0.15) is 72.1 Å². The summed E-state index contributed by atoms with van der Waals surface area (Å²) in [6, 6.07) is 0. The predicted octanol–water partition coefficient (Wildman–Crippen LogP) is 4.63. The second-order valence-corrected chi connectivity index (χ2v) is 4.67. The Bertz CT molecular complexity index is 209. The molecule has 0 radical (unpaired) electrons. The lowest BCUT2D eigenvalue weighted by atomic mass is 10.1. The number of carbonyl (C=O) groups excluding carboxylic acids is 1. The Morgan fingerprint density at radius 1 is 1.12 bits per heavy atom. The smallest absolute Gasteiger partial charge is 0.302 e. The van der Waals surface area contributed by atoms with Crippen molar-refractivity contribution in [3.05, 3.63) is 12.2 Å². The van der Waals surface area contributed by atoms with Crippen LogP contribution >= 0.6 is 0 Å². The van der Waals surface area contributed by atoms with E-state index in [-0.39, 0.29) is 12.1 Å². The Hall–Kier alpha value is -0.790. The molecule has 0 aromatic rings. The molecule has 0 saturated heterocycles. The lowest BCUT2D eigenvalue weighted by molar-refractivity contribution is -0.145. The molecule has 0 amide bonds. The average Bonchev–Trinajstić information content (AvgIpc) is 2.26. The summed E-state index contributed by atoms with van der Waals surface area (Å²) in [6.07, 6.45) is 14.3. The normalized spacial score (nSPS) is 12.9. The molecule has 0 spiro atoms. The fourth-order valence-corrected chi connectivity index (χ4v) is 1.79. The second-order valence-electron chi connectivity index (χ2n) is 4.67. The summed E-state index contributed by atoms with van der Waals surface area (Å²) in [4.78, 5) is 10.7. The summed E-state index contributed by atoms with van der Waals surface area (Å²) in [5.41, 5.74) is 0. The van der Waals surface area contributed by atoms with E-state index in [1.165, 1.54) is 39.0 Å². The van der Waals surface area contributed by atoms with Gasteiger partial charge in [-0.3, -0.25) is 4.79 Å². The van der Waals surface area contributed by atoms with Crippen LogP contribution in [0.5, 0.6) is 0 Å². The first-order valence-corrected chi connectivity index (χ1v) is 6.99. The van der Waals surface area contributed by atoms with Gasteiger partial charge < -0.3 is 4.74 Å². The van der Waals surface area contributed by atoms with Gasteiger partial charge in [0.05, 0.1) is 6.10 Å². The van der Waals surface area contributed by atoms with Crippen LogP contribution in [0.2, 0.25) is 0 Å². The van der Waals surface area contributed by atoms with Crippen molar-refractivity contribution in [2.24, 2.45) is 0 Å². The topological polar surface area (TPSA) is 26.3 Å². The highest BCUT2D eigenvalue weighted by Gasteiger charge is 2.03. The fourth-order valence-electron chi connectivity index (χ4n) is 1.79. The molecule has 0 heterocycles. The lowest BCUT2D eigenvalue weighted by Gasteiger charge is -2.10. The van der Waals surface area contributed by atoms with Crippen molar-refractivity contribution in [1.82, 2.24) is 0 Å². The molecule has 0 N–H and O–H groups in total. The van der Waals surface area contributed by atoms with Gasteiger partial charge in [-0.1, -0.05) is 38.3 Å². The van der Waals surface area contributed by atoms with E-state index >= 15 is 0 Å². The maximum absolute atomic E-state index is 10.7. The summed E-state index contributed by atoms with van der Waals surface area (Å²) >= 11 is 0. The first-order chi connectivity index (χ1) is 8.16. The Morgan fingerprint density at radius 3 is 2.35 bits per heavy atom. The zero-order valence-corrected chi connectivity index (χ0v) is 11.7. The van der Waals surface area contributed by atoms with Gasteiger partial charge in [0.1, 0.15) is 0 Å². The highest BCUT2D eigenvalue weighted by atomic mass is 16.5. The number of rotatable bonds is 10. The quantitative estimate of drug-likeness (QED) is 0.316. The lowest BCUT2D eigenvalue weighted by Crippen LogP contribution is -2.11. The van der Waals surface area contributed by atoms with Crippen molar-refractivity contribution in [3.63, 3.8) is 0 Å². The SMILES string of the molecule is CCCCCC/C=C/CCCC(C)OC(C)=O. The molecule has 0 aliphatic heterocycles. The molecule has 100 valence electrons. The number of ether oxygens (including phenoxy) is 1. The molecule has 0 aromatic heterocycles. The van der Waals surface area contributed by atoms with E-state index < -0.39 is 0 Å². The first-order valence-electron chi connectivity index (χ1n) is 6.99. The Morgan fingerprint density at radius 2 is 1.76 bits per heavy atom. The van der Waals surface area contributed by atoms with Crippen molar-refractivity contribution in [1.29, 1.82) is 0 Å². The van der Waals surface area contributed by atoms with Crippen molar-refractivity contribution in [3.8, 4) is 0 Å². The molecule has 0 aromatic carbocycles. The van der Waals surface area contributed by atoms with Crippen molar-refractivity contribution >= 4 is 5.97 Å². The van der Waals surface area contributed by atoms with E-state index in [4.69, 9.17) is 4.74 Å². The van der Waals surface area contributed by atoms with Crippen LogP contribution < -0.4 is 0 Å². The van der Waals surface area contributed by atoms with Gasteiger partial charge in [0, 0.05) is 6.92 Å². The molecule has 0 rings (SSSR count). The summed E-state index contributed by atoms with van der Waals surface area (Å²) in [7, 11) is 0. The zero-order valence-electron chi connectivity index (χ0n) is 11.7. The predicted molar refractivity (Wildman–Crippen MR) is 73.0 cm³/mol. The van der Waals surface area contributed by atoms with Crippen LogP contribution in [0.25, 0.3) is 0 Å². The molecule has 0 aliphatic carbocycles. The summed E-state index contributed by atoms with van der Waals surface area (Å²) < 4.78 is 5.06. The largest absolute Gasteiger partial charge is 0.463 e. The van der Waals surface area contributed by atoms with Gasteiger partial charge in [-0.05, 0) is 39.0 Å². The third-order valence-electron chi connectivity index (χ3n) is 2.74. The van der Waals surface area contributed by atoms with Gasteiger partial charge in [-0.2, -0.15) is 0 Å². The molecule has 1 atom stereocenters. The number of hydrogen-bond donors (Lipinski definition) is 0. The number of hydrogen-bond acceptors (Lipinski definition) is 2. The molecule has 0 aliphatic rings. The molecule has 1 unspecified atom stereocenters. The number of esters is 1. The Balaban J connectivity index is 3.26. The fraction of sp³-hybridized carbons (Fsp3) is 0.800. The Labute approximate surface area is 106 Å². The molecule has 2 heteroatoms. The van der Waals surface area contributed by atoms with Crippen LogP contribution in [-0.4, -0.2) is 12.1 Å². The number of carbonyl (C=O) groups is 1. The van der Waals surface area contributed by atoms with Crippen LogP contribution in [0, 0.1) is 0 Å². The molecule has 0 fully saturated rings. The van der Waals surface area contributed by atoms with Gasteiger partial charge in [0.25, 0.3) is 0 Å². The zero-order chi connectivity index (χ0) is 12.9. The van der Waals surface area contributed by atoms with E-state index in [1.807, 2.05) is 6.92 Å². The van der Waals surface area contributed by atoms with Crippen molar-refractivity contribution in [2.45, 2.75) is 78.2 Å². The monoisotopic (exact) mass is 240 g/mol. The molecule has 0 bridgehead atoms. The molecular weight excluding hydrogens is 212 g/mol. The van der Waals surface area contributed by atoms with Gasteiger partial charge in [0.2, 0.25) is 0 Å². The molecular formula is C15H28O2. The van der Waals surface area contributed by atoms with Gasteiger partial charge in [0.15, 0.2) is 0 Å². The third-order valence-corrected chi connectivity index (χ3v) is 2.74. The highest BCUT2D eigenvalue weighted by Crippen LogP contribution is 2.07. The van der Waals surface area contributed by atoms with Gasteiger partial charge in [-0.25, -0.2) is 0 Å². The highest BCUT2D eigenvalue weighted by molar-refractivity contribution is 5.66. The van der Waals surface area contributed by atoms with Crippen LogP contribution in [0.15, 0.2) is 12.2 Å². The van der Waals surface area contributed by atoms with E-state index in [2.05, 4.69) is 19.1 Å². The maximum atomic E-state index is 10.7. The van der Waals surface area contributed by atoms with E-state index in [9.17, 15) is 4.79 Å². The van der Waals surface area contributed by atoms with Gasteiger partial charge in [-0.15, -0.1) is 0 Å². The minimum absolute atomic E-state index is 0.0606. The van der Waals surface area contributed by atoms with Gasteiger partial charge >= 0.3 is 5.97 Å². The maximum Gasteiger partial charge on any atom is 0.302 e. The minimum Gasteiger partial charge on any atom is -0.463 e. The average molecular weight is 240 g/mol. The minimum atomic E-state index is -0.177. The number of allylic oxidation sites excluding steroid dienone is 2. The van der Waals surface area contributed by atoms with E-state index in [0.717, 1.165) is 19.3 Å². The summed E-state index contributed by atoms with van der Waals surface area (Å²) in [5.74, 6) is -0.177. The second kappa shape index (κ2) is 11.7. The standard InChI is InChI=1S/C15H28O2/c1-4-5-6-7-8-9-10-11-12-13-14(2)17-15(3)16/h9-10,14H,4-8,11-13H2,1-3H3/b10-9+. The number of unbranched alkanes of at least 4 members (excludes halogenated alkanes) is 5. The van der Waals surface area contributed by atoms with E-state index in [1.54, 1.807) is 0 Å². The molecule has 2 nitrogen and oxygen atoms in total. The van der Waals surface area contributed by atoms with E-state index in [0.29, 0.717) is 0 Å². The molecule has 0 saturated carbocycles. The van der Waals surface area contributed by atoms with Crippen LogP contribution in [-0.2, 0) is 9.53 Å². The summed E-state index contributed by atoms with van der Waals surface area (Å²) in [5, 5.41) is 0. The first kappa shape index (κ1) is 16.2.